The molecule has 7 nitrogen and oxygen atoms in total. The average Bonchev–Trinajstić information content (AvgIpc) is 3.28. The largest absolute Gasteiger partial charge is 0.490 e. The Morgan fingerprint density at radius 1 is 1.14 bits per heavy atom. The van der Waals surface area contributed by atoms with Gasteiger partial charge in [-0.1, -0.05) is 48.8 Å². The standard InChI is InChI=1S/C26H27BrN4O3S/c1-4-16(3)17-6-9-20(10-7-17)33-12-13-34-22-11-8-19(27)14-18(22)15-21-24(28)31-26(29-25(21)32)35-23(5-2)30-31/h6-11,14-16,28H,4-5,12-13H2,1-3H3/b21-15-,28-24?/t16-/m0/s1. The predicted molar refractivity (Wildman–Crippen MR) is 146 cm³/mol. The van der Waals surface area contributed by atoms with Crippen LogP contribution in [-0.2, 0) is 4.79 Å². The summed E-state index contributed by atoms with van der Waals surface area (Å²) in [5.74, 6) is 1.45. The van der Waals surface area contributed by atoms with Crippen LogP contribution >= 0.6 is 27.7 Å². The molecule has 1 N–H and O–H groups in total. The van der Waals surface area contributed by atoms with Gasteiger partial charge in [-0.2, -0.15) is 15.1 Å². The third-order valence-corrected chi connectivity index (χ3v) is 7.29. The van der Waals surface area contributed by atoms with Crippen molar-refractivity contribution in [2.75, 3.05) is 13.2 Å². The van der Waals surface area contributed by atoms with E-state index in [9.17, 15) is 4.79 Å². The SMILES string of the molecule is CCC1=NN2C(=N)/C(=C/c3cc(Br)ccc3OCCOc3ccc([C@@H](C)CC)cc3)C(=O)N=C2S1. The predicted octanol–water partition coefficient (Wildman–Crippen LogP) is 6.45. The first kappa shape index (κ1) is 25.2. The molecule has 2 aromatic rings. The van der Waals surface area contributed by atoms with E-state index >= 15 is 0 Å². The molecule has 9 heteroatoms. The number of benzene rings is 2. The third kappa shape index (κ3) is 5.85. The third-order valence-electron chi connectivity index (χ3n) is 5.74. The molecule has 4 rings (SSSR count). The molecule has 0 bridgehead atoms. The Bertz CT molecular complexity index is 1220. The van der Waals surface area contributed by atoms with E-state index in [0.29, 0.717) is 42.0 Å². The van der Waals surface area contributed by atoms with Crippen molar-refractivity contribution >= 4 is 55.7 Å². The van der Waals surface area contributed by atoms with E-state index in [4.69, 9.17) is 14.9 Å². The summed E-state index contributed by atoms with van der Waals surface area (Å²) < 4.78 is 12.6. The van der Waals surface area contributed by atoms with Gasteiger partial charge in [0.2, 0.25) is 5.17 Å². The molecule has 2 aliphatic rings. The number of hydrogen-bond acceptors (Lipinski definition) is 6. The first-order valence-electron chi connectivity index (χ1n) is 11.5. The highest BCUT2D eigenvalue weighted by atomic mass is 79.9. The van der Waals surface area contributed by atoms with Crippen molar-refractivity contribution in [1.29, 1.82) is 5.41 Å². The van der Waals surface area contributed by atoms with E-state index < -0.39 is 5.91 Å². The van der Waals surface area contributed by atoms with Crippen molar-refractivity contribution in [2.45, 2.75) is 39.5 Å². The van der Waals surface area contributed by atoms with E-state index in [1.54, 1.807) is 6.08 Å². The van der Waals surface area contributed by atoms with Gasteiger partial charge < -0.3 is 9.47 Å². The molecule has 182 valence electrons. The highest BCUT2D eigenvalue weighted by Gasteiger charge is 2.35. The number of carbonyl (C=O) groups excluding carboxylic acids is 1. The zero-order valence-electron chi connectivity index (χ0n) is 19.9. The molecule has 0 aromatic heterocycles. The second-order valence-electron chi connectivity index (χ2n) is 8.12. The minimum atomic E-state index is -0.462. The first-order valence-corrected chi connectivity index (χ1v) is 13.1. The Morgan fingerprint density at radius 3 is 2.60 bits per heavy atom. The van der Waals surface area contributed by atoms with Crippen LogP contribution in [0.2, 0.25) is 0 Å². The Hall–Kier alpha value is -2.91. The number of aliphatic imine (C=N–C) groups is 1. The number of fused-ring (bicyclic) bond motifs is 1. The van der Waals surface area contributed by atoms with Crippen LogP contribution in [0.25, 0.3) is 6.08 Å². The number of nitrogens with one attached hydrogen (secondary N) is 1. The van der Waals surface area contributed by atoms with Crippen molar-refractivity contribution in [2.24, 2.45) is 10.1 Å². The summed E-state index contributed by atoms with van der Waals surface area (Å²) in [5.41, 5.74) is 2.12. The summed E-state index contributed by atoms with van der Waals surface area (Å²) in [7, 11) is 0. The van der Waals surface area contributed by atoms with Crippen LogP contribution in [0, 0.1) is 5.41 Å². The number of carbonyl (C=O) groups is 1. The van der Waals surface area contributed by atoms with Crippen LogP contribution in [0.15, 0.2) is 62.6 Å². The van der Waals surface area contributed by atoms with Crippen LogP contribution < -0.4 is 9.47 Å². The van der Waals surface area contributed by atoms with Crippen LogP contribution in [0.3, 0.4) is 0 Å². The van der Waals surface area contributed by atoms with E-state index in [2.05, 4.69) is 52.0 Å². The lowest BCUT2D eigenvalue weighted by Crippen LogP contribution is -2.35. The topological polar surface area (TPSA) is 87.3 Å². The number of thioether (sulfide) groups is 1. The lowest BCUT2D eigenvalue weighted by Gasteiger charge is -2.20. The molecule has 35 heavy (non-hydrogen) atoms. The molecular formula is C26H27BrN4O3S. The molecule has 0 spiro atoms. The number of hydrazone groups is 1. The molecule has 0 unspecified atom stereocenters. The van der Waals surface area contributed by atoms with E-state index in [-0.39, 0.29) is 11.4 Å². The Kier molecular flexibility index (Phi) is 8.07. The number of amides is 1. The number of ether oxygens (including phenoxy) is 2. The summed E-state index contributed by atoms with van der Waals surface area (Å²) in [6.07, 6.45) is 3.44. The summed E-state index contributed by atoms with van der Waals surface area (Å²) in [5, 5.41) is 15.6. The number of halogens is 1. The van der Waals surface area contributed by atoms with Gasteiger partial charge in [-0.15, -0.1) is 0 Å². The minimum absolute atomic E-state index is 0.00560. The van der Waals surface area contributed by atoms with Gasteiger partial charge in [0.15, 0.2) is 5.84 Å². The lowest BCUT2D eigenvalue weighted by atomic mass is 9.99. The molecule has 0 saturated heterocycles. The zero-order chi connectivity index (χ0) is 24.9. The normalized spacial score (nSPS) is 17.3. The van der Waals surface area contributed by atoms with Crippen molar-refractivity contribution in [3.8, 4) is 11.5 Å². The van der Waals surface area contributed by atoms with Gasteiger partial charge in [-0.05, 0) is 72.5 Å². The fourth-order valence-electron chi connectivity index (χ4n) is 3.53. The van der Waals surface area contributed by atoms with Gasteiger partial charge in [-0.3, -0.25) is 10.2 Å². The number of amidine groups is 2. The summed E-state index contributed by atoms with van der Waals surface area (Å²) in [6, 6.07) is 13.7. The maximum atomic E-state index is 12.7. The summed E-state index contributed by atoms with van der Waals surface area (Å²) in [4.78, 5) is 16.8. The van der Waals surface area contributed by atoms with Crippen LogP contribution in [-0.4, -0.2) is 40.2 Å². The van der Waals surface area contributed by atoms with Gasteiger partial charge in [0.25, 0.3) is 5.91 Å². The minimum Gasteiger partial charge on any atom is -0.490 e. The van der Waals surface area contributed by atoms with Gasteiger partial charge >= 0.3 is 0 Å². The second kappa shape index (κ2) is 11.2. The fraction of sp³-hybridized carbons (Fsp3) is 0.308. The molecule has 2 aromatic carbocycles. The van der Waals surface area contributed by atoms with Crippen molar-refractivity contribution in [3.05, 3.63) is 63.6 Å². The average molecular weight is 555 g/mol. The van der Waals surface area contributed by atoms with Crippen molar-refractivity contribution in [3.63, 3.8) is 0 Å². The maximum Gasteiger partial charge on any atom is 0.283 e. The molecule has 0 fully saturated rings. The van der Waals surface area contributed by atoms with Gasteiger partial charge in [0, 0.05) is 10.0 Å². The maximum absolute atomic E-state index is 12.7. The lowest BCUT2D eigenvalue weighted by molar-refractivity contribution is -0.114. The highest BCUT2D eigenvalue weighted by Crippen LogP contribution is 2.31. The molecule has 0 aliphatic carbocycles. The van der Waals surface area contributed by atoms with Crippen LogP contribution in [0.5, 0.6) is 11.5 Å². The van der Waals surface area contributed by atoms with Crippen molar-refractivity contribution < 1.29 is 14.3 Å². The first-order chi connectivity index (χ1) is 16.9. The monoisotopic (exact) mass is 554 g/mol. The van der Waals surface area contributed by atoms with Crippen molar-refractivity contribution in [1.82, 2.24) is 5.01 Å². The van der Waals surface area contributed by atoms with E-state index in [1.807, 2.05) is 37.3 Å². The Labute approximate surface area is 217 Å². The Morgan fingerprint density at radius 2 is 1.89 bits per heavy atom. The molecule has 1 atom stereocenters. The Balaban J connectivity index is 1.44. The zero-order valence-corrected chi connectivity index (χ0v) is 22.3. The van der Waals surface area contributed by atoms with E-state index in [1.165, 1.54) is 22.3 Å². The van der Waals surface area contributed by atoms with Crippen LogP contribution in [0.4, 0.5) is 0 Å². The fourth-order valence-corrected chi connectivity index (χ4v) is 4.74. The second-order valence-corrected chi connectivity index (χ2v) is 10.1. The summed E-state index contributed by atoms with van der Waals surface area (Å²) in [6.45, 7) is 7.06. The summed E-state index contributed by atoms with van der Waals surface area (Å²) >= 11 is 4.80. The van der Waals surface area contributed by atoms with Gasteiger partial charge in [0.1, 0.15) is 29.8 Å². The molecule has 1 amide bonds. The highest BCUT2D eigenvalue weighted by molar-refractivity contribution is 9.10. The molecule has 2 aliphatic heterocycles. The van der Waals surface area contributed by atoms with E-state index in [0.717, 1.165) is 21.7 Å². The smallest absolute Gasteiger partial charge is 0.283 e. The molecule has 0 radical (unpaired) electrons. The number of hydrogen-bond donors (Lipinski definition) is 1. The molecule has 0 saturated carbocycles. The van der Waals surface area contributed by atoms with Crippen LogP contribution in [0.1, 0.15) is 50.7 Å². The van der Waals surface area contributed by atoms with Gasteiger partial charge in [-0.25, -0.2) is 0 Å². The quantitative estimate of drug-likeness (QED) is 0.284. The number of nitrogens with zero attached hydrogens (tertiary/aromatic N) is 3. The molecule has 2 heterocycles. The number of rotatable bonds is 9. The van der Waals surface area contributed by atoms with Gasteiger partial charge in [0.05, 0.1) is 5.57 Å². The molecular weight excluding hydrogens is 528 g/mol.